The summed E-state index contributed by atoms with van der Waals surface area (Å²) in [5.74, 6) is 0. The Morgan fingerprint density at radius 2 is 0.825 bits per heavy atom. The fourth-order valence-electron chi connectivity index (χ4n) is 5.52. The van der Waals surface area contributed by atoms with Crippen molar-refractivity contribution in [1.82, 2.24) is 0 Å². The first-order chi connectivity index (χ1) is 19.3. The highest BCUT2D eigenvalue weighted by Crippen LogP contribution is 2.35. The Labute approximate surface area is 232 Å². The highest BCUT2D eigenvalue weighted by atomic mass is 16.8. The SMILES string of the molecule is CO[C@@H]1[C@@H](OC)[C@@H](O)O[C@H](CO)[C@H]1O[C@H]1O[C@H](CO)[C@@H](O[C@H]2O[C@H](CO)[C@@H](O)[C@H](OC)[C@H]2OC)[C@H](OC)[C@H]1OC. The molecule has 3 rings (SSSR count). The average Bonchev–Trinajstić information content (AvgIpc) is 2.97. The minimum atomic E-state index is -1.38. The van der Waals surface area contributed by atoms with Crippen molar-refractivity contribution in [2.75, 3.05) is 62.5 Å². The molecule has 16 heteroatoms. The van der Waals surface area contributed by atoms with Crippen LogP contribution in [0.15, 0.2) is 0 Å². The number of hydrogen-bond donors (Lipinski definition) is 5. The fourth-order valence-corrected chi connectivity index (χ4v) is 5.52. The standard InChI is InChI=1S/C24H44O16/c1-30-16-13(28)10(7-25)37-23(20(16)34-5)40-15-12(9-27)38-24(21(35-6)18(15)32-3)39-14-11(8-26)36-22(29)19(33-4)17(14)31-2/h10-29H,7-9H2,1-6H3/t10-,11-,12-,13-,14-,15-,16+,17+,18+,19-,20-,21-,22+,23-,24-/m1/s1. The molecule has 0 bridgehead atoms. The van der Waals surface area contributed by atoms with Gasteiger partial charge < -0.3 is 77.6 Å². The van der Waals surface area contributed by atoms with E-state index < -0.39 is 112 Å². The zero-order valence-electron chi connectivity index (χ0n) is 23.5. The Morgan fingerprint density at radius 1 is 0.450 bits per heavy atom. The molecule has 0 spiro atoms. The van der Waals surface area contributed by atoms with Gasteiger partial charge in [0.1, 0.15) is 73.2 Å². The van der Waals surface area contributed by atoms with Gasteiger partial charge in [-0.25, -0.2) is 0 Å². The lowest BCUT2D eigenvalue weighted by atomic mass is 9.95. The molecule has 0 saturated carbocycles. The quantitative estimate of drug-likeness (QED) is 0.141. The third kappa shape index (κ3) is 6.78. The first kappa shape index (κ1) is 33.9. The minimum Gasteiger partial charge on any atom is -0.394 e. The van der Waals surface area contributed by atoms with Gasteiger partial charge in [-0.15, -0.1) is 0 Å². The van der Waals surface area contributed by atoms with E-state index in [0.717, 1.165) is 0 Å². The van der Waals surface area contributed by atoms with Crippen LogP contribution >= 0.6 is 0 Å². The van der Waals surface area contributed by atoms with Crippen LogP contribution in [0.1, 0.15) is 0 Å². The van der Waals surface area contributed by atoms with Crippen LogP contribution in [-0.4, -0.2) is 180 Å². The van der Waals surface area contributed by atoms with Crippen molar-refractivity contribution in [3.8, 4) is 0 Å². The average molecular weight is 589 g/mol. The van der Waals surface area contributed by atoms with Crippen molar-refractivity contribution in [2.24, 2.45) is 0 Å². The van der Waals surface area contributed by atoms with Crippen LogP contribution in [0.25, 0.3) is 0 Å². The summed E-state index contributed by atoms with van der Waals surface area (Å²) in [6.45, 7) is -1.57. The molecule has 3 heterocycles. The van der Waals surface area contributed by atoms with Gasteiger partial charge in [0.05, 0.1) is 19.8 Å². The van der Waals surface area contributed by atoms with Crippen LogP contribution in [0.5, 0.6) is 0 Å². The molecule has 0 aromatic rings. The molecule has 0 amide bonds. The molecule has 0 aliphatic carbocycles. The molecule has 16 nitrogen and oxygen atoms in total. The van der Waals surface area contributed by atoms with Gasteiger partial charge in [-0.2, -0.15) is 0 Å². The fraction of sp³-hybridized carbons (Fsp3) is 1.00. The lowest BCUT2D eigenvalue weighted by molar-refractivity contribution is -0.383. The molecule has 3 fully saturated rings. The van der Waals surface area contributed by atoms with E-state index in [1.165, 1.54) is 42.7 Å². The molecule has 0 aromatic carbocycles. The zero-order chi connectivity index (χ0) is 29.6. The Balaban J connectivity index is 1.86. The van der Waals surface area contributed by atoms with Crippen LogP contribution in [-0.2, 0) is 52.1 Å². The molecule has 3 aliphatic heterocycles. The summed E-state index contributed by atoms with van der Waals surface area (Å²) in [6.07, 6.45) is -15.5. The van der Waals surface area contributed by atoms with E-state index >= 15 is 0 Å². The first-order valence-corrected chi connectivity index (χ1v) is 12.9. The highest BCUT2D eigenvalue weighted by molar-refractivity contribution is 4.98. The Morgan fingerprint density at radius 3 is 1.25 bits per heavy atom. The molecular weight excluding hydrogens is 544 g/mol. The van der Waals surface area contributed by atoms with Crippen LogP contribution in [0.4, 0.5) is 0 Å². The number of hydrogen-bond acceptors (Lipinski definition) is 16. The summed E-state index contributed by atoms with van der Waals surface area (Å²) >= 11 is 0. The number of rotatable bonds is 13. The molecule has 5 N–H and O–H groups in total. The van der Waals surface area contributed by atoms with Gasteiger partial charge in [0, 0.05) is 42.7 Å². The molecule has 3 aliphatic rings. The van der Waals surface area contributed by atoms with Crippen molar-refractivity contribution in [1.29, 1.82) is 0 Å². The van der Waals surface area contributed by atoms with Gasteiger partial charge in [-0.3, -0.25) is 0 Å². The van der Waals surface area contributed by atoms with Crippen molar-refractivity contribution < 1.29 is 77.6 Å². The van der Waals surface area contributed by atoms with Crippen molar-refractivity contribution in [3.05, 3.63) is 0 Å². The summed E-state index contributed by atoms with van der Waals surface area (Å²) in [4.78, 5) is 0. The molecule has 3 saturated heterocycles. The van der Waals surface area contributed by atoms with E-state index in [2.05, 4.69) is 0 Å². The van der Waals surface area contributed by atoms with Crippen molar-refractivity contribution in [3.63, 3.8) is 0 Å². The van der Waals surface area contributed by atoms with Crippen LogP contribution in [0.3, 0.4) is 0 Å². The molecule has 40 heavy (non-hydrogen) atoms. The zero-order valence-corrected chi connectivity index (χ0v) is 23.5. The van der Waals surface area contributed by atoms with E-state index in [1.807, 2.05) is 0 Å². The lowest BCUT2D eigenvalue weighted by Crippen LogP contribution is -2.67. The number of methoxy groups -OCH3 is 6. The Hall–Kier alpha value is -0.640. The second kappa shape index (κ2) is 15.7. The Bertz CT molecular complexity index is 733. The normalized spacial score (nSPS) is 46.4. The van der Waals surface area contributed by atoms with Crippen molar-refractivity contribution >= 4 is 0 Å². The largest absolute Gasteiger partial charge is 0.394 e. The molecule has 0 radical (unpaired) electrons. The predicted molar refractivity (Wildman–Crippen MR) is 130 cm³/mol. The topological polar surface area (TPSA) is 203 Å². The molecule has 0 aromatic heterocycles. The predicted octanol–water partition coefficient (Wildman–Crippen LogP) is -3.65. The van der Waals surface area contributed by atoms with Crippen molar-refractivity contribution in [2.45, 2.75) is 92.1 Å². The molecular formula is C24H44O16. The second-order valence-corrected chi connectivity index (χ2v) is 9.59. The van der Waals surface area contributed by atoms with E-state index in [-0.39, 0.29) is 0 Å². The molecule has 236 valence electrons. The van der Waals surface area contributed by atoms with E-state index in [1.54, 1.807) is 0 Å². The maximum Gasteiger partial charge on any atom is 0.187 e. The molecule has 15 atom stereocenters. The monoisotopic (exact) mass is 588 g/mol. The third-order valence-corrected chi connectivity index (χ3v) is 7.57. The van der Waals surface area contributed by atoms with Gasteiger partial charge in [-0.1, -0.05) is 0 Å². The smallest absolute Gasteiger partial charge is 0.187 e. The van der Waals surface area contributed by atoms with E-state index in [4.69, 9.17) is 52.1 Å². The minimum absolute atomic E-state index is 0.513. The van der Waals surface area contributed by atoms with Gasteiger partial charge in [0.2, 0.25) is 0 Å². The summed E-state index contributed by atoms with van der Waals surface area (Å²) in [5.41, 5.74) is 0. The summed E-state index contributed by atoms with van der Waals surface area (Å²) in [7, 11) is 8.35. The van der Waals surface area contributed by atoms with Crippen LogP contribution < -0.4 is 0 Å². The Kier molecular flexibility index (Phi) is 13.3. The maximum atomic E-state index is 10.5. The third-order valence-electron chi connectivity index (χ3n) is 7.57. The van der Waals surface area contributed by atoms with Gasteiger partial charge >= 0.3 is 0 Å². The summed E-state index contributed by atoms with van der Waals surface area (Å²) < 4.78 is 63.0. The highest BCUT2D eigenvalue weighted by Gasteiger charge is 2.55. The van der Waals surface area contributed by atoms with E-state index in [0.29, 0.717) is 0 Å². The second-order valence-electron chi connectivity index (χ2n) is 9.59. The van der Waals surface area contributed by atoms with Crippen LogP contribution in [0, 0.1) is 0 Å². The number of ether oxygens (including phenoxy) is 11. The first-order valence-electron chi connectivity index (χ1n) is 12.9. The molecule has 0 unspecified atom stereocenters. The van der Waals surface area contributed by atoms with E-state index in [9.17, 15) is 25.5 Å². The number of aliphatic hydroxyl groups is 5. The number of aliphatic hydroxyl groups excluding tert-OH is 5. The lowest BCUT2D eigenvalue weighted by Gasteiger charge is -2.50. The summed E-state index contributed by atoms with van der Waals surface area (Å²) in [5, 5.41) is 50.8. The van der Waals surface area contributed by atoms with Gasteiger partial charge in [0.15, 0.2) is 18.9 Å². The van der Waals surface area contributed by atoms with Gasteiger partial charge in [-0.05, 0) is 0 Å². The maximum absolute atomic E-state index is 10.5. The van der Waals surface area contributed by atoms with Crippen LogP contribution in [0.2, 0.25) is 0 Å². The summed E-state index contributed by atoms with van der Waals surface area (Å²) in [6, 6.07) is 0. The van der Waals surface area contributed by atoms with Gasteiger partial charge in [0.25, 0.3) is 0 Å².